The number of ether oxygens (including phenoxy) is 1. The number of nitriles is 1. The van der Waals surface area contributed by atoms with Crippen LogP contribution in [0.5, 0.6) is 5.75 Å². The van der Waals surface area contributed by atoms with Crippen molar-refractivity contribution in [1.82, 2.24) is 10.0 Å². The molecule has 3 N–H and O–H groups in total. The SMILES string of the molecule is N#CCCNS(=O)(=O)c1ccc(C(=O)NCC(O)COc2cccc(C(F)(F)F)c2)cc1. The van der Waals surface area contributed by atoms with Crippen molar-refractivity contribution in [3.05, 3.63) is 59.7 Å². The fourth-order valence-electron chi connectivity index (χ4n) is 2.44. The van der Waals surface area contributed by atoms with Crippen LogP contribution in [0.25, 0.3) is 0 Å². The monoisotopic (exact) mass is 471 g/mol. The van der Waals surface area contributed by atoms with E-state index in [1.807, 2.05) is 6.07 Å². The summed E-state index contributed by atoms with van der Waals surface area (Å²) in [6.45, 7) is -0.637. The fourth-order valence-corrected chi connectivity index (χ4v) is 3.47. The summed E-state index contributed by atoms with van der Waals surface area (Å²) < 4.78 is 69.5. The Bertz CT molecular complexity index is 1070. The first kappa shape index (κ1) is 25.1. The van der Waals surface area contributed by atoms with Gasteiger partial charge in [-0.25, -0.2) is 13.1 Å². The molecule has 0 saturated heterocycles. The van der Waals surface area contributed by atoms with E-state index in [0.29, 0.717) is 0 Å². The van der Waals surface area contributed by atoms with E-state index in [4.69, 9.17) is 10.00 Å². The van der Waals surface area contributed by atoms with E-state index in [2.05, 4.69) is 10.0 Å². The molecule has 2 aromatic carbocycles. The van der Waals surface area contributed by atoms with Gasteiger partial charge < -0.3 is 15.2 Å². The van der Waals surface area contributed by atoms with Gasteiger partial charge in [-0.3, -0.25) is 4.79 Å². The summed E-state index contributed by atoms with van der Waals surface area (Å²) in [6.07, 6.45) is -5.70. The van der Waals surface area contributed by atoms with Crippen LogP contribution in [0.4, 0.5) is 13.2 Å². The molecule has 0 fully saturated rings. The third-order valence-corrected chi connectivity index (χ3v) is 5.53. The molecule has 0 radical (unpaired) electrons. The zero-order chi connectivity index (χ0) is 23.8. The summed E-state index contributed by atoms with van der Waals surface area (Å²) in [7, 11) is -3.81. The lowest BCUT2D eigenvalue weighted by atomic mass is 10.2. The van der Waals surface area contributed by atoms with Crippen molar-refractivity contribution < 1.29 is 36.2 Å². The summed E-state index contributed by atoms with van der Waals surface area (Å²) in [5.41, 5.74) is -0.754. The van der Waals surface area contributed by atoms with Crippen molar-refractivity contribution in [3.8, 4) is 11.8 Å². The average molecular weight is 471 g/mol. The molecule has 1 unspecified atom stereocenters. The molecule has 0 saturated carbocycles. The van der Waals surface area contributed by atoms with E-state index in [0.717, 1.165) is 12.1 Å². The van der Waals surface area contributed by atoms with E-state index in [-0.39, 0.29) is 42.3 Å². The normalized spacial score (nSPS) is 12.6. The van der Waals surface area contributed by atoms with Crippen LogP contribution in [0.15, 0.2) is 53.4 Å². The standard InChI is InChI=1S/C20H20F3N3O5S/c21-20(22,23)15-3-1-4-17(11-15)31-13-16(27)12-25-19(28)14-5-7-18(8-6-14)32(29,30)26-10-2-9-24/h1,3-8,11,16,26-27H,2,10,12-13H2,(H,25,28). The van der Waals surface area contributed by atoms with Crippen molar-refractivity contribution in [2.24, 2.45) is 0 Å². The number of amides is 1. The fraction of sp³-hybridized carbons (Fsp3) is 0.300. The molecule has 1 atom stereocenters. The Hall–Kier alpha value is -3.14. The molecule has 0 aliphatic carbocycles. The molecule has 2 rings (SSSR count). The van der Waals surface area contributed by atoms with Gasteiger partial charge in [0.25, 0.3) is 5.91 Å². The van der Waals surface area contributed by atoms with Crippen LogP contribution in [0.3, 0.4) is 0 Å². The minimum atomic E-state index is -4.52. The van der Waals surface area contributed by atoms with E-state index in [9.17, 15) is 31.5 Å². The average Bonchev–Trinajstić information content (AvgIpc) is 2.76. The number of sulfonamides is 1. The van der Waals surface area contributed by atoms with Crippen molar-refractivity contribution in [1.29, 1.82) is 5.26 Å². The number of hydrogen-bond donors (Lipinski definition) is 3. The molecular formula is C20H20F3N3O5S. The quantitative estimate of drug-likeness (QED) is 0.455. The van der Waals surface area contributed by atoms with Gasteiger partial charge in [0.05, 0.1) is 16.5 Å². The van der Waals surface area contributed by atoms with Crippen molar-refractivity contribution in [2.75, 3.05) is 19.7 Å². The van der Waals surface area contributed by atoms with E-state index >= 15 is 0 Å². The smallest absolute Gasteiger partial charge is 0.416 e. The molecule has 172 valence electrons. The first-order chi connectivity index (χ1) is 15.0. The van der Waals surface area contributed by atoms with E-state index in [1.165, 1.54) is 36.4 Å². The lowest BCUT2D eigenvalue weighted by Gasteiger charge is -2.14. The number of rotatable bonds is 10. The number of aliphatic hydroxyl groups is 1. The molecule has 0 aromatic heterocycles. The van der Waals surface area contributed by atoms with Crippen LogP contribution < -0.4 is 14.8 Å². The topological polar surface area (TPSA) is 129 Å². The van der Waals surface area contributed by atoms with Gasteiger partial charge in [-0.1, -0.05) is 6.07 Å². The van der Waals surface area contributed by atoms with Crippen LogP contribution >= 0.6 is 0 Å². The predicted octanol–water partition coefficient (Wildman–Crippen LogP) is 2.07. The zero-order valence-corrected chi connectivity index (χ0v) is 17.4. The van der Waals surface area contributed by atoms with Crippen LogP contribution in [-0.4, -0.2) is 45.2 Å². The molecule has 2 aromatic rings. The Balaban J connectivity index is 1.85. The zero-order valence-electron chi connectivity index (χ0n) is 16.6. The number of carbonyl (C=O) groups is 1. The van der Waals surface area contributed by atoms with Crippen LogP contribution in [0, 0.1) is 11.3 Å². The minimum Gasteiger partial charge on any atom is -0.491 e. The third kappa shape index (κ3) is 7.52. The van der Waals surface area contributed by atoms with Gasteiger partial charge in [-0.2, -0.15) is 18.4 Å². The van der Waals surface area contributed by atoms with Crippen molar-refractivity contribution >= 4 is 15.9 Å². The predicted molar refractivity (Wildman–Crippen MR) is 107 cm³/mol. The molecule has 8 nitrogen and oxygen atoms in total. The highest BCUT2D eigenvalue weighted by Gasteiger charge is 2.30. The first-order valence-electron chi connectivity index (χ1n) is 9.26. The highest BCUT2D eigenvalue weighted by Crippen LogP contribution is 2.31. The van der Waals surface area contributed by atoms with Crippen LogP contribution in [0.2, 0.25) is 0 Å². The largest absolute Gasteiger partial charge is 0.491 e. The highest BCUT2D eigenvalue weighted by molar-refractivity contribution is 7.89. The Labute approximate surface area is 182 Å². The van der Waals surface area contributed by atoms with Crippen molar-refractivity contribution in [3.63, 3.8) is 0 Å². The van der Waals surface area contributed by atoms with Crippen molar-refractivity contribution in [2.45, 2.75) is 23.6 Å². The van der Waals surface area contributed by atoms with Gasteiger partial charge in [0.15, 0.2) is 0 Å². The number of alkyl halides is 3. The van der Waals surface area contributed by atoms with Gasteiger partial charge in [-0.05, 0) is 42.5 Å². The van der Waals surface area contributed by atoms with Gasteiger partial charge in [0, 0.05) is 25.1 Å². The summed E-state index contributed by atoms with van der Waals surface area (Å²) in [6, 6.07) is 11.0. The number of benzene rings is 2. The first-order valence-corrected chi connectivity index (χ1v) is 10.7. The maximum absolute atomic E-state index is 12.7. The molecule has 0 heterocycles. The van der Waals surface area contributed by atoms with Gasteiger partial charge in [0.2, 0.25) is 10.0 Å². The number of aliphatic hydroxyl groups excluding tert-OH is 1. The second-order valence-corrected chi connectivity index (χ2v) is 8.30. The summed E-state index contributed by atoms with van der Waals surface area (Å²) >= 11 is 0. The second kappa shape index (κ2) is 10.9. The Morgan fingerprint density at radius 3 is 2.50 bits per heavy atom. The minimum absolute atomic E-state index is 0.0134. The molecule has 0 bridgehead atoms. The molecule has 0 spiro atoms. The molecular weight excluding hydrogens is 451 g/mol. The lowest BCUT2D eigenvalue weighted by Crippen LogP contribution is -2.35. The summed E-state index contributed by atoms with van der Waals surface area (Å²) in [4.78, 5) is 12.1. The molecule has 12 heteroatoms. The van der Waals surface area contributed by atoms with Crippen LogP contribution in [-0.2, 0) is 16.2 Å². The Kier molecular flexibility index (Phi) is 8.59. The molecule has 0 aliphatic heterocycles. The molecule has 32 heavy (non-hydrogen) atoms. The Morgan fingerprint density at radius 1 is 1.19 bits per heavy atom. The molecule has 0 aliphatic rings. The number of nitrogens with zero attached hydrogens (tertiary/aromatic N) is 1. The van der Waals surface area contributed by atoms with Gasteiger partial charge in [-0.15, -0.1) is 0 Å². The number of carbonyl (C=O) groups excluding carboxylic acids is 1. The van der Waals surface area contributed by atoms with Gasteiger partial charge in [0.1, 0.15) is 18.5 Å². The highest BCUT2D eigenvalue weighted by atomic mass is 32.2. The van der Waals surface area contributed by atoms with Gasteiger partial charge >= 0.3 is 6.18 Å². The number of hydrogen-bond acceptors (Lipinski definition) is 6. The summed E-state index contributed by atoms with van der Waals surface area (Å²) in [5.74, 6) is -0.671. The maximum Gasteiger partial charge on any atom is 0.416 e. The molecule has 1 amide bonds. The van der Waals surface area contributed by atoms with E-state index < -0.39 is 33.8 Å². The second-order valence-electron chi connectivity index (χ2n) is 6.53. The number of nitrogens with one attached hydrogen (secondary N) is 2. The van der Waals surface area contributed by atoms with E-state index in [1.54, 1.807) is 0 Å². The summed E-state index contributed by atoms with van der Waals surface area (Å²) in [5, 5.41) is 20.8. The maximum atomic E-state index is 12.7. The third-order valence-electron chi connectivity index (χ3n) is 4.06. The number of halogens is 3. The Morgan fingerprint density at radius 2 is 1.88 bits per heavy atom. The lowest BCUT2D eigenvalue weighted by molar-refractivity contribution is -0.137. The van der Waals surface area contributed by atoms with Crippen LogP contribution in [0.1, 0.15) is 22.3 Å².